The van der Waals surface area contributed by atoms with Gasteiger partial charge in [0.1, 0.15) is 11.5 Å². The Labute approximate surface area is 283 Å². The van der Waals surface area contributed by atoms with Crippen molar-refractivity contribution in [3.63, 3.8) is 0 Å². The Morgan fingerprint density at radius 1 is 1.08 bits per heavy atom. The van der Waals surface area contributed by atoms with Gasteiger partial charge in [0.2, 0.25) is 5.91 Å². The maximum Gasteiger partial charge on any atom is 0.277 e. The van der Waals surface area contributed by atoms with Gasteiger partial charge in [0.25, 0.3) is 5.56 Å². The third-order valence-corrected chi connectivity index (χ3v) is 11.2. The Morgan fingerprint density at radius 3 is 2.45 bits per heavy atom. The van der Waals surface area contributed by atoms with E-state index in [0.717, 1.165) is 11.8 Å². The number of rotatable bonds is 6. The number of H-pyrrole nitrogens is 1. The molecule has 2 aliphatic rings. The molecule has 0 saturated carbocycles. The minimum atomic E-state index is -4.15. The minimum absolute atomic E-state index is 0.0230. The summed E-state index contributed by atoms with van der Waals surface area (Å²) in [4.78, 5) is 39.8. The molecule has 0 aliphatic carbocycles. The van der Waals surface area contributed by atoms with Crippen LogP contribution in [0.3, 0.4) is 0 Å². The van der Waals surface area contributed by atoms with E-state index in [1.54, 1.807) is 23.4 Å². The van der Waals surface area contributed by atoms with E-state index in [2.05, 4.69) is 21.8 Å². The smallest absolute Gasteiger partial charge is 0.277 e. The van der Waals surface area contributed by atoms with Gasteiger partial charge in [0.05, 0.1) is 28.8 Å². The van der Waals surface area contributed by atoms with Crippen LogP contribution < -0.4 is 10.5 Å². The van der Waals surface area contributed by atoms with E-state index in [1.165, 1.54) is 16.7 Å². The van der Waals surface area contributed by atoms with E-state index in [4.69, 9.17) is 4.98 Å². The molecule has 49 heavy (non-hydrogen) atoms. The first kappa shape index (κ1) is 32.6. The summed E-state index contributed by atoms with van der Waals surface area (Å²) < 4.78 is 45.4. The van der Waals surface area contributed by atoms with Gasteiger partial charge < -0.3 is 9.80 Å². The molecule has 13 heteroatoms. The monoisotopic (exact) mass is 683 g/mol. The van der Waals surface area contributed by atoms with Gasteiger partial charge in [0.15, 0.2) is 20.4 Å². The number of likely N-dealkylation sites (tertiary alicyclic amines) is 1. The molecule has 5 aromatic rings. The predicted molar refractivity (Wildman–Crippen MR) is 188 cm³/mol. The fraction of sp³-hybridized carbons (Fsp3) is 0.361. The number of pyridine rings is 3. The topological polar surface area (TPSA) is 134 Å². The summed E-state index contributed by atoms with van der Waals surface area (Å²) in [5, 5.41) is 7.97. The van der Waals surface area contributed by atoms with Gasteiger partial charge in [0, 0.05) is 60.4 Å². The third-order valence-electron chi connectivity index (χ3n) is 10.1. The Morgan fingerprint density at radius 2 is 1.80 bits per heavy atom. The van der Waals surface area contributed by atoms with Crippen LogP contribution in [0.2, 0.25) is 0 Å². The van der Waals surface area contributed by atoms with Crippen molar-refractivity contribution < 1.29 is 17.6 Å². The van der Waals surface area contributed by atoms with Gasteiger partial charge in [-0.25, -0.2) is 17.8 Å². The van der Waals surface area contributed by atoms with Crippen molar-refractivity contribution in [2.24, 2.45) is 5.41 Å². The van der Waals surface area contributed by atoms with Gasteiger partial charge in [-0.2, -0.15) is 5.10 Å². The molecular weight excluding hydrogens is 646 g/mol. The maximum atomic E-state index is 16.6. The van der Waals surface area contributed by atoms with E-state index in [0.29, 0.717) is 72.4 Å². The Bertz CT molecular complexity index is 2360. The average Bonchev–Trinajstić information content (AvgIpc) is 3.51. The maximum absolute atomic E-state index is 16.6. The summed E-state index contributed by atoms with van der Waals surface area (Å²) in [6.45, 7) is 13.2. The number of carbonyl (C=O) groups is 1. The van der Waals surface area contributed by atoms with Crippen LogP contribution in [0.25, 0.3) is 38.9 Å². The van der Waals surface area contributed by atoms with Gasteiger partial charge >= 0.3 is 0 Å². The molecule has 6 heterocycles. The highest BCUT2D eigenvalue weighted by Crippen LogP contribution is 2.44. The molecule has 1 N–H and O–H groups in total. The Kier molecular flexibility index (Phi) is 7.73. The van der Waals surface area contributed by atoms with E-state index in [9.17, 15) is 18.0 Å². The van der Waals surface area contributed by atoms with Crippen LogP contribution in [0.1, 0.15) is 49.4 Å². The number of hydrogen-bond donors (Lipinski definition) is 1. The van der Waals surface area contributed by atoms with Gasteiger partial charge in [-0.15, -0.1) is 0 Å². The number of aromatic amines is 1. The number of carbonyl (C=O) groups excluding carboxylic acids is 1. The second-order valence-electron chi connectivity index (χ2n) is 13.8. The molecule has 7 rings (SSSR count). The van der Waals surface area contributed by atoms with E-state index in [-0.39, 0.29) is 39.7 Å². The molecule has 0 bridgehead atoms. The van der Waals surface area contributed by atoms with E-state index >= 15 is 4.39 Å². The van der Waals surface area contributed by atoms with Gasteiger partial charge in [-0.05, 0) is 68.0 Å². The molecule has 254 valence electrons. The van der Waals surface area contributed by atoms with Crippen molar-refractivity contribution in [3.05, 3.63) is 82.3 Å². The molecule has 0 atom stereocenters. The number of aryl methyl sites for hydroxylation is 2. The molecule has 2 aliphatic heterocycles. The second kappa shape index (κ2) is 11.6. The zero-order valence-corrected chi connectivity index (χ0v) is 29.0. The van der Waals surface area contributed by atoms with Crippen LogP contribution in [0.5, 0.6) is 0 Å². The first-order valence-corrected chi connectivity index (χ1v) is 18.2. The highest BCUT2D eigenvalue weighted by Gasteiger charge is 2.47. The molecular formula is C36H38FN7O4S. The van der Waals surface area contributed by atoms with Crippen LogP contribution >= 0.6 is 0 Å². The molecule has 0 radical (unpaired) electrons. The number of piperidine rings is 1. The summed E-state index contributed by atoms with van der Waals surface area (Å²) in [5.74, 6) is -0.909. The quantitative estimate of drug-likeness (QED) is 0.241. The number of nitrogens with zero attached hydrogens (tertiary/aromatic N) is 6. The number of anilines is 1. The third kappa shape index (κ3) is 5.22. The summed E-state index contributed by atoms with van der Waals surface area (Å²) in [7, 11) is -4.15. The fourth-order valence-electron chi connectivity index (χ4n) is 7.57. The number of amides is 1. The lowest BCUT2D eigenvalue weighted by atomic mass is 9.72. The van der Waals surface area contributed by atoms with Crippen molar-refractivity contribution in [1.29, 1.82) is 0 Å². The van der Waals surface area contributed by atoms with Crippen LogP contribution in [0.4, 0.5) is 10.1 Å². The summed E-state index contributed by atoms with van der Waals surface area (Å²) in [6, 6.07) is 6.78. The molecule has 0 unspecified atom stereocenters. The van der Waals surface area contributed by atoms with E-state index < -0.39 is 26.1 Å². The zero-order chi connectivity index (χ0) is 35.0. The molecule has 2 saturated heterocycles. The predicted octanol–water partition coefficient (Wildman–Crippen LogP) is 5.22. The lowest BCUT2D eigenvalue weighted by Gasteiger charge is -2.54. The summed E-state index contributed by atoms with van der Waals surface area (Å²) >= 11 is 0. The molecule has 2 fully saturated rings. The molecule has 11 nitrogen and oxygen atoms in total. The largest absolute Gasteiger partial charge is 0.370 e. The number of fused-ring (bicyclic) bond motifs is 2. The number of nitrogens with one attached hydrogen (secondary N) is 1. The molecule has 1 spiro atoms. The number of aromatic nitrogens is 5. The molecule has 1 aromatic carbocycles. The van der Waals surface area contributed by atoms with Crippen LogP contribution in [-0.2, 0) is 14.6 Å². The average molecular weight is 684 g/mol. The highest BCUT2D eigenvalue weighted by atomic mass is 32.2. The summed E-state index contributed by atoms with van der Waals surface area (Å²) in [6.07, 6.45) is 6.92. The van der Waals surface area contributed by atoms with Crippen molar-refractivity contribution in [3.8, 4) is 16.9 Å². The lowest BCUT2D eigenvalue weighted by Crippen LogP contribution is -2.61. The van der Waals surface area contributed by atoms with Crippen LogP contribution in [0.15, 0.2) is 59.0 Å². The fourth-order valence-corrected chi connectivity index (χ4v) is 8.57. The standard InChI is InChI=1S/C36H38FN7O4S/c1-7-27(45)43-18-36(19-43)11-14-42(15-12-36)32-23-16-25(37)30(28-21(4)8-9-26-24(28)17-39-41-26)40-34(23)44(35(46)33(32)49(6,47)48)31-22(5)10-13-38-29(31)20(2)3/h7-10,13,16-17,20H,1,11-12,14-15,18-19H2,2-6H3,(H,39,41). The minimum Gasteiger partial charge on any atom is -0.370 e. The number of hydrogen-bond acceptors (Lipinski definition) is 8. The number of halogens is 1. The lowest BCUT2D eigenvalue weighted by molar-refractivity contribution is -0.139. The first-order chi connectivity index (χ1) is 23.2. The van der Waals surface area contributed by atoms with Crippen molar-refractivity contribution in [2.75, 3.05) is 37.3 Å². The number of benzene rings is 1. The normalized spacial score (nSPS) is 16.1. The van der Waals surface area contributed by atoms with E-state index in [1.807, 2.05) is 44.7 Å². The highest BCUT2D eigenvalue weighted by molar-refractivity contribution is 7.90. The van der Waals surface area contributed by atoms with Crippen LogP contribution in [-0.4, -0.2) is 76.4 Å². The molecule has 1 amide bonds. The zero-order valence-electron chi connectivity index (χ0n) is 28.2. The van der Waals surface area contributed by atoms with Crippen LogP contribution in [0, 0.1) is 25.1 Å². The van der Waals surface area contributed by atoms with Crippen molar-refractivity contribution >= 4 is 43.4 Å². The SMILES string of the molecule is C=CC(=O)N1CC2(CCN(c3c(S(C)(=O)=O)c(=O)n(-c4c(C)ccnc4C(C)C)c4nc(-c5c(C)ccc6[nH]ncc56)c(F)cc34)CC2)C1. The van der Waals surface area contributed by atoms with Gasteiger partial charge in [-0.1, -0.05) is 26.5 Å². The second-order valence-corrected chi connectivity index (χ2v) is 15.7. The number of sulfone groups is 1. The Balaban J connectivity index is 1.52. The van der Waals surface area contributed by atoms with Gasteiger partial charge in [-0.3, -0.25) is 24.2 Å². The first-order valence-electron chi connectivity index (χ1n) is 16.3. The Hall–Kier alpha value is -4.91. The summed E-state index contributed by atoms with van der Waals surface area (Å²) in [5.41, 5.74) is 3.11. The van der Waals surface area contributed by atoms with Crippen molar-refractivity contribution in [2.45, 2.75) is 51.3 Å². The molecule has 4 aromatic heterocycles. The van der Waals surface area contributed by atoms with Crippen molar-refractivity contribution in [1.82, 2.24) is 29.6 Å².